The number of pyridine rings is 1. The van der Waals surface area contributed by atoms with Gasteiger partial charge in [0.05, 0.1) is 23.2 Å². The number of hydrogen-bond donors (Lipinski definition) is 2. The minimum absolute atomic E-state index is 0.0307. The lowest BCUT2D eigenvalue weighted by Crippen LogP contribution is -2.52. The highest BCUT2D eigenvalue weighted by Crippen LogP contribution is 2.21. The topological polar surface area (TPSA) is 63.2 Å². The number of carbonyl (C=O) groups is 1. The first-order valence-corrected chi connectivity index (χ1v) is 8.85. The van der Waals surface area contributed by atoms with Crippen LogP contribution in [-0.2, 0) is 4.74 Å². The van der Waals surface area contributed by atoms with Gasteiger partial charge in [-0.25, -0.2) is 4.79 Å². The van der Waals surface area contributed by atoms with E-state index < -0.39 is 0 Å². The van der Waals surface area contributed by atoms with Gasteiger partial charge in [-0.15, -0.1) is 0 Å². The average Bonchev–Trinajstić information content (AvgIpc) is 2.72. The number of para-hydroxylation sites is 1. The second kappa shape index (κ2) is 7.64. The maximum absolute atomic E-state index is 12.6. The number of nitrogens with zero attached hydrogens (tertiary/aromatic N) is 1. The standard InChI is InChI=1S/C21H21N3O2/c25-21(17-10-11-22-18-9-5-4-8-16(17)18)26-14-19-20(24-13-12-23-19)15-6-2-1-3-7-15/h1-11,19-20,23-24H,12-14H2. The van der Waals surface area contributed by atoms with E-state index in [2.05, 4.69) is 27.8 Å². The Hall–Kier alpha value is -2.76. The van der Waals surface area contributed by atoms with Gasteiger partial charge < -0.3 is 15.4 Å². The first kappa shape index (κ1) is 16.7. The summed E-state index contributed by atoms with van der Waals surface area (Å²) >= 11 is 0. The van der Waals surface area contributed by atoms with Gasteiger partial charge in [-0.1, -0.05) is 48.5 Å². The summed E-state index contributed by atoms with van der Waals surface area (Å²) in [6, 6.07) is 19.7. The van der Waals surface area contributed by atoms with E-state index in [1.807, 2.05) is 42.5 Å². The van der Waals surface area contributed by atoms with Crippen LogP contribution < -0.4 is 10.6 Å². The van der Waals surface area contributed by atoms with Crippen LogP contribution in [0.1, 0.15) is 22.0 Å². The molecule has 1 aliphatic rings. The van der Waals surface area contributed by atoms with Gasteiger partial charge in [-0.3, -0.25) is 4.98 Å². The van der Waals surface area contributed by atoms with Crippen molar-refractivity contribution in [3.63, 3.8) is 0 Å². The zero-order chi connectivity index (χ0) is 17.8. The molecule has 0 radical (unpaired) electrons. The van der Waals surface area contributed by atoms with E-state index >= 15 is 0 Å². The number of esters is 1. The van der Waals surface area contributed by atoms with Crippen molar-refractivity contribution in [3.05, 3.63) is 78.0 Å². The Morgan fingerprint density at radius 2 is 1.77 bits per heavy atom. The van der Waals surface area contributed by atoms with Gasteiger partial charge >= 0.3 is 5.97 Å². The molecule has 2 N–H and O–H groups in total. The quantitative estimate of drug-likeness (QED) is 0.711. The number of nitrogens with one attached hydrogen (secondary N) is 2. The van der Waals surface area contributed by atoms with E-state index in [0.717, 1.165) is 24.0 Å². The lowest BCUT2D eigenvalue weighted by molar-refractivity contribution is 0.0434. The average molecular weight is 347 g/mol. The Kier molecular flexibility index (Phi) is 4.91. The Labute approximate surface area is 152 Å². The van der Waals surface area contributed by atoms with Gasteiger partial charge in [0.15, 0.2) is 0 Å². The van der Waals surface area contributed by atoms with Crippen molar-refractivity contribution in [2.45, 2.75) is 12.1 Å². The molecule has 1 saturated heterocycles. The molecule has 0 spiro atoms. The van der Waals surface area contributed by atoms with Gasteiger partial charge in [0.1, 0.15) is 6.61 Å². The molecule has 1 fully saturated rings. The van der Waals surface area contributed by atoms with Crippen LogP contribution in [0.3, 0.4) is 0 Å². The summed E-state index contributed by atoms with van der Waals surface area (Å²) < 4.78 is 5.66. The molecule has 2 atom stereocenters. The van der Waals surface area contributed by atoms with Gasteiger partial charge in [0.25, 0.3) is 0 Å². The molecule has 0 amide bonds. The first-order valence-electron chi connectivity index (χ1n) is 8.85. The second-order valence-electron chi connectivity index (χ2n) is 6.38. The van der Waals surface area contributed by atoms with Crippen molar-refractivity contribution >= 4 is 16.9 Å². The summed E-state index contributed by atoms with van der Waals surface area (Å²) in [5, 5.41) is 7.79. The molecule has 0 bridgehead atoms. The van der Waals surface area contributed by atoms with Crippen molar-refractivity contribution in [2.75, 3.05) is 19.7 Å². The normalized spacial score (nSPS) is 20.0. The van der Waals surface area contributed by atoms with Crippen LogP contribution in [-0.4, -0.2) is 36.7 Å². The van der Waals surface area contributed by atoms with Crippen LogP contribution in [0.15, 0.2) is 66.9 Å². The highest BCUT2D eigenvalue weighted by molar-refractivity contribution is 6.03. The molecule has 26 heavy (non-hydrogen) atoms. The third kappa shape index (κ3) is 3.45. The van der Waals surface area contributed by atoms with Crippen LogP contribution in [0, 0.1) is 0 Å². The van der Waals surface area contributed by atoms with Crippen LogP contribution >= 0.6 is 0 Å². The van der Waals surface area contributed by atoms with E-state index in [0.29, 0.717) is 12.2 Å². The van der Waals surface area contributed by atoms with Gasteiger partial charge in [-0.05, 0) is 17.7 Å². The van der Waals surface area contributed by atoms with Crippen molar-refractivity contribution in [2.24, 2.45) is 0 Å². The summed E-state index contributed by atoms with van der Waals surface area (Å²) in [6.45, 7) is 2.05. The number of piperazine rings is 1. The van der Waals surface area contributed by atoms with Crippen molar-refractivity contribution in [1.82, 2.24) is 15.6 Å². The Morgan fingerprint density at radius 1 is 1.00 bits per heavy atom. The smallest absolute Gasteiger partial charge is 0.338 e. The predicted octanol–water partition coefficient (Wildman–Crippen LogP) is 2.69. The maximum Gasteiger partial charge on any atom is 0.338 e. The molecule has 2 aromatic carbocycles. The molecular formula is C21H21N3O2. The number of aromatic nitrogens is 1. The lowest BCUT2D eigenvalue weighted by atomic mass is 9.98. The number of fused-ring (bicyclic) bond motifs is 1. The third-order valence-electron chi connectivity index (χ3n) is 4.72. The lowest BCUT2D eigenvalue weighted by Gasteiger charge is -2.33. The van der Waals surface area contributed by atoms with Crippen molar-refractivity contribution < 1.29 is 9.53 Å². The molecule has 5 heteroatoms. The van der Waals surface area contributed by atoms with Gasteiger partial charge in [0, 0.05) is 24.7 Å². The second-order valence-corrected chi connectivity index (χ2v) is 6.38. The fourth-order valence-corrected chi connectivity index (χ4v) is 3.43. The fraction of sp³-hybridized carbons (Fsp3) is 0.238. The Bertz CT molecular complexity index is 893. The minimum atomic E-state index is -0.317. The van der Waals surface area contributed by atoms with Crippen LogP contribution in [0.4, 0.5) is 0 Å². The van der Waals surface area contributed by atoms with Crippen LogP contribution in [0.5, 0.6) is 0 Å². The monoisotopic (exact) mass is 347 g/mol. The summed E-state index contributed by atoms with van der Waals surface area (Å²) in [5.74, 6) is -0.317. The summed E-state index contributed by atoms with van der Waals surface area (Å²) in [7, 11) is 0. The molecule has 1 aromatic heterocycles. The van der Waals surface area contributed by atoms with E-state index in [-0.39, 0.29) is 18.1 Å². The molecule has 1 aliphatic heterocycles. The van der Waals surface area contributed by atoms with Crippen molar-refractivity contribution in [1.29, 1.82) is 0 Å². The van der Waals surface area contributed by atoms with E-state index in [1.165, 1.54) is 5.56 Å². The number of rotatable bonds is 4. The number of ether oxygens (including phenoxy) is 1. The summed E-state index contributed by atoms with van der Waals surface area (Å²) in [4.78, 5) is 16.9. The number of carbonyl (C=O) groups excluding carboxylic acids is 1. The van der Waals surface area contributed by atoms with Crippen LogP contribution in [0.25, 0.3) is 10.9 Å². The van der Waals surface area contributed by atoms with Gasteiger partial charge in [-0.2, -0.15) is 0 Å². The highest BCUT2D eigenvalue weighted by atomic mass is 16.5. The molecule has 3 aromatic rings. The Morgan fingerprint density at radius 3 is 2.65 bits per heavy atom. The first-order chi connectivity index (χ1) is 12.8. The molecule has 4 rings (SSSR count). The number of hydrogen-bond acceptors (Lipinski definition) is 5. The molecular weight excluding hydrogens is 326 g/mol. The van der Waals surface area contributed by atoms with E-state index in [4.69, 9.17) is 4.74 Å². The van der Waals surface area contributed by atoms with E-state index in [1.54, 1.807) is 12.3 Å². The van der Waals surface area contributed by atoms with Crippen LogP contribution in [0.2, 0.25) is 0 Å². The minimum Gasteiger partial charge on any atom is -0.460 e. The number of benzene rings is 2. The van der Waals surface area contributed by atoms with Crippen molar-refractivity contribution in [3.8, 4) is 0 Å². The zero-order valence-corrected chi connectivity index (χ0v) is 14.4. The maximum atomic E-state index is 12.6. The molecule has 0 aliphatic carbocycles. The summed E-state index contributed by atoms with van der Waals surface area (Å²) in [5.41, 5.74) is 2.53. The fourth-order valence-electron chi connectivity index (χ4n) is 3.43. The molecule has 5 nitrogen and oxygen atoms in total. The van der Waals surface area contributed by atoms with E-state index in [9.17, 15) is 4.79 Å². The Balaban J connectivity index is 1.49. The molecule has 2 heterocycles. The highest BCUT2D eigenvalue weighted by Gasteiger charge is 2.27. The SMILES string of the molecule is O=C(OCC1NCCNC1c1ccccc1)c1ccnc2ccccc12. The van der Waals surface area contributed by atoms with Gasteiger partial charge in [0.2, 0.25) is 0 Å². The zero-order valence-electron chi connectivity index (χ0n) is 14.4. The summed E-state index contributed by atoms with van der Waals surface area (Å²) in [6.07, 6.45) is 1.64. The largest absolute Gasteiger partial charge is 0.460 e. The molecule has 2 unspecified atom stereocenters. The third-order valence-corrected chi connectivity index (χ3v) is 4.72. The molecule has 0 saturated carbocycles. The predicted molar refractivity (Wildman–Crippen MR) is 101 cm³/mol. The molecule has 132 valence electrons.